The molecule has 1 fully saturated rings. The van der Waals surface area contributed by atoms with Gasteiger partial charge in [0.25, 0.3) is 0 Å². The molecule has 0 aromatic heterocycles. The zero-order valence-corrected chi connectivity index (χ0v) is 11.0. The number of cyclic esters (lactones) is 1. The molecule has 0 aliphatic carbocycles. The zero-order chi connectivity index (χ0) is 13.3. The lowest BCUT2D eigenvalue weighted by molar-refractivity contribution is 0.111. The van der Waals surface area contributed by atoms with E-state index in [2.05, 4.69) is 0 Å². The molecule has 0 saturated carbocycles. The van der Waals surface area contributed by atoms with Crippen LogP contribution in [0.4, 0.5) is 10.5 Å². The average Bonchev–Trinajstić information content (AvgIpc) is 2.29. The first-order valence-electron chi connectivity index (χ1n) is 5.67. The van der Waals surface area contributed by atoms with E-state index >= 15 is 0 Å². The summed E-state index contributed by atoms with van der Waals surface area (Å²) in [6, 6.07) is 5.72. The van der Waals surface area contributed by atoms with E-state index in [1.165, 1.54) is 4.90 Å². The highest BCUT2D eigenvalue weighted by atomic mass is 35.5. The predicted molar refractivity (Wildman–Crippen MR) is 68.8 cm³/mol. The van der Waals surface area contributed by atoms with E-state index in [9.17, 15) is 4.79 Å². The second-order valence-electron chi connectivity index (χ2n) is 4.35. The first-order valence-corrected chi connectivity index (χ1v) is 6.05. The van der Waals surface area contributed by atoms with Crippen molar-refractivity contribution in [3.05, 3.63) is 28.3 Å². The number of halogens is 1. The van der Waals surface area contributed by atoms with Crippen LogP contribution in [0.1, 0.15) is 17.5 Å². The number of anilines is 1. The second-order valence-corrected chi connectivity index (χ2v) is 4.76. The van der Waals surface area contributed by atoms with Crippen LogP contribution in [0.3, 0.4) is 0 Å². The van der Waals surface area contributed by atoms with Crippen molar-refractivity contribution >= 4 is 23.4 Å². The first kappa shape index (κ1) is 12.7. The fourth-order valence-corrected chi connectivity index (χ4v) is 2.55. The standard InChI is InChI=1S/C13H13ClN2O2/c1-8-5-9(2)12(11(14)6-8)16-4-3-10(7-15)18-13(16)17/h5-6,10H,3-4H2,1-2H3. The van der Waals surface area contributed by atoms with E-state index in [0.717, 1.165) is 11.1 Å². The van der Waals surface area contributed by atoms with E-state index in [1.54, 1.807) is 0 Å². The Morgan fingerprint density at radius 2 is 2.22 bits per heavy atom. The third-order valence-corrected chi connectivity index (χ3v) is 3.18. The zero-order valence-electron chi connectivity index (χ0n) is 10.2. The summed E-state index contributed by atoms with van der Waals surface area (Å²) in [6.45, 7) is 4.29. The molecule has 0 bridgehead atoms. The first-order chi connectivity index (χ1) is 8.52. The Bertz CT molecular complexity index is 513. The molecule has 5 heteroatoms. The summed E-state index contributed by atoms with van der Waals surface area (Å²) in [5.74, 6) is 0. The highest BCUT2D eigenvalue weighted by Gasteiger charge is 2.30. The van der Waals surface area contributed by atoms with Crippen molar-refractivity contribution in [2.45, 2.75) is 26.4 Å². The number of nitrogens with zero attached hydrogens (tertiary/aromatic N) is 2. The number of rotatable bonds is 1. The maximum Gasteiger partial charge on any atom is 0.415 e. The fraction of sp³-hybridized carbons (Fsp3) is 0.385. The Hall–Kier alpha value is -1.73. The minimum absolute atomic E-state index is 0.445. The molecule has 1 aliphatic heterocycles. The van der Waals surface area contributed by atoms with Crippen molar-refractivity contribution in [1.29, 1.82) is 5.26 Å². The molecular formula is C13H13ClN2O2. The highest BCUT2D eigenvalue weighted by molar-refractivity contribution is 6.34. The lowest BCUT2D eigenvalue weighted by Gasteiger charge is -2.30. The molecule has 0 spiro atoms. The van der Waals surface area contributed by atoms with Gasteiger partial charge in [-0.15, -0.1) is 0 Å². The molecule has 1 heterocycles. The largest absolute Gasteiger partial charge is 0.430 e. The van der Waals surface area contributed by atoms with Crippen LogP contribution in [0.15, 0.2) is 12.1 Å². The third kappa shape index (κ3) is 2.27. The molecule has 94 valence electrons. The summed E-state index contributed by atoms with van der Waals surface area (Å²) in [7, 11) is 0. The molecule has 1 unspecified atom stereocenters. The molecule has 1 saturated heterocycles. The van der Waals surface area contributed by atoms with Crippen LogP contribution < -0.4 is 4.90 Å². The van der Waals surface area contributed by atoms with Crippen molar-refractivity contribution < 1.29 is 9.53 Å². The van der Waals surface area contributed by atoms with Crippen LogP contribution in [0, 0.1) is 25.2 Å². The minimum atomic E-state index is -0.654. The van der Waals surface area contributed by atoms with Gasteiger partial charge in [-0.2, -0.15) is 5.26 Å². The van der Waals surface area contributed by atoms with E-state index in [4.69, 9.17) is 21.6 Å². The van der Waals surface area contributed by atoms with Gasteiger partial charge in [-0.3, -0.25) is 4.90 Å². The number of hydrogen-bond donors (Lipinski definition) is 0. The van der Waals surface area contributed by atoms with Gasteiger partial charge in [-0.25, -0.2) is 4.79 Å². The lowest BCUT2D eigenvalue weighted by atomic mass is 10.1. The number of ether oxygens (including phenoxy) is 1. The maximum atomic E-state index is 11.8. The third-order valence-electron chi connectivity index (χ3n) is 2.89. The number of nitriles is 1. The van der Waals surface area contributed by atoms with Gasteiger partial charge in [0.2, 0.25) is 0 Å². The van der Waals surface area contributed by atoms with Gasteiger partial charge in [0, 0.05) is 13.0 Å². The van der Waals surface area contributed by atoms with Crippen molar-refractivity contribution in [3.8, 4) is 6.07 Å². The van der Waals surface area contributed by atoms with Crippen molar-refractivity contribution in [3.63, 3.8) is 0 Å². The highest BCUT2D eigenvalue weighted by Crippen LogP contribution is 2.33. The quantitative estimate of drug-likeness (QED) is 0.783. The van der Waals surface area contributed by atoms with Crippen LogP contribution >= 0.6 is 11.6 Å². The van der Waals surface area contributed by atoms with Gasteiger partial charge in [0.05, 0.1) is 10.7 Å². The molecule has 0 radical (unpaired) electrons. The number of amides is 1. The van der Waals surface area contributed by atoms with Crippen LogP contribution in [0.2, 0.25) is 5.02 Å². The SMILES string of the molecule is Cc1cc(C)c(N2CCC(C#N)OC2=O)c(Cl)c1. The van der Waals surface area contributed by atoms with Crippen molar-refractivity contribution in [2.24, 2.45) is 0 Å². The molecular weight excluding hydrogens is 252 g/mol. The normalized spacial score (nSPS) is 19.3. The Labute approximate surface area is 111 Å². The van der Waals surface area contributed by atoms with Gasteiger partial charge in [-0.1, -0.05) is 17.7 Å². The smallest absolute Gasteiger partial charge is 0.415 e. The van der Waals surface area contributed by atoms with Crippen LogP contribution in [0.25, 0.3) is 0 Å². The molecule has 18 heavy (non-hydrogen) atoms. The average molecular weight is 265 g/mol. The Morgan fingerprint density at radius 3 is 2.78 bits per heavy atom. The fourth-order valence-electron chi connectivity index (χ4n) is 2.13. The summed E-state index contributed by atoms with van der Waals surface area (Å²) in [5.41, 5.74) is 2.64. The monoisotopic (exact) mass is 264 g/mol. The molecule has 2 rings (SSSR count). The topological polar surface area (TPSA) is 53.3 Å². The summed E-state index contributed by atoms with van der Waals surface area (Å²) in [5, 5.41) is 9.27. The van der Waals surface area contributed by atoms with Gasteiger partial charge >= 0.3 is 6.09 Å². The Balaban J connectivity index is 2.34. The molecule has 4 nitrogen and oxygen atoms in total. The van der Waals surface area contributed by atoms with Gasteiger partial charge in [-0.05, 0) is 31.0 Å². The second kappa shape index (κ2) is 4.87. The minimum Gasteiger partial charge on any atom is -0.430 e. The molecule has 1 aromatic rings. The number of hydrogen-bond acceptors (Lipinski definition) is 3. The van der Waals surface area contributed by atoms with Crippen LogP contribution in [-0.2, 0) is 4.74 Å². The number of benzene rings is 1. The summed E-state index contributed by atoms with van der Waals surface area (Å²) in [6.07, 6.45) is -0.675. The van der Waals surface area contributed by atoms with E-state index in [0.29, 0.717) is 23.7 Å². The van der Waals surface area contributed by atoms with Gasteiger partial charge < -0.3 is 4.74 Å². The number of carbonyl (C=O) groups excluding carboxylic acids is 1. The summed E-state index contributed by atoms with van der Waals surface area (Å²) < 4.78 is 5.01. The van der Waals surface area contributed by atoms with E-state index in [-0.39, 0.29) is 0 Å². The summed E-state index contributed by atoms with van der Waals surface area (Å²) in [4.78, 5) is 13.3. The maximum absolute atomic E-state index is 11.8. The van der Waals surface area contributed by atoms with Gasteiger partial charge in [0.1, 0.15) is 6.07 Å². The molecule has 1 aromatic carbocycles. The molecule has 1 atom stereocenters. The van der Waals surface area contributed by atoms with E-state index < -0.39 is 12.2 Å². The molecule has 0 N–H and O–H groups in total. The molecule has 1 aliphatic rings. The van der Waals surface area contributed by atoms with Gasteiger partial charge in [0.15, 0.2) is 6.10 Å². The molecule has 1 amide bonds. The van der Waals surface area contributed by atoms with E-state index in [1.807, 2.05) is 32.0 Å². The number of carbonyl (C=O) groups is 1. The van der Waals surface area contributed by atoms with Crippen LogP contribution in [0.5, 0.6) is 0 Å². The summed E-state index contributed by atoms with van der Waals surface area (Å²) >= 11 is 6.19. The lowest BCUT2D eigenvalue weighted by Crippen LogP contribution is -2.42. The Morgan fingerprint density at radius 1 is 1.50 bits per heavy atom. The Kier molecular flexibility index (Phi) is 3.44. The van der Waals surface area contributed by atoms with Crippen LogP contribution in [-0.4, -0.2) is 18.7 Å². The number of aryl methyl sites for hydroxylation is 2. The van der Waals surface area contributed by atoms with Crippen molar-refractivity contribution in [1.82, 2.24) is 0 Å². The predicted octanol–water partition coefficient (Wildman–Crippen LogP) is 3.20. The van der Waals surface area contributed by atoms with Crippen molar-refractivity contribution in [2.75, 3.05) is 11.4 Å².